The molecule has 1 atom stereocenters. The largest absolute Gasteiger partial charge is 0.490 e. The van der Waals surface area contributed by atoms with Crippen molar-refractivity contribution in [2.24, 2.45) is 0 Å². The van der Waals surface area contributed by atoms with Gasteiger partial charge in [-0.15, -0.1) is 11.8 Å². The van der Waals surface area contributed by atoms with Crippen molar-refractivity contribution in [2.75, 3.05) is 25.5 Å². The Hall–Kier alpha value is -2.14. The van der Waals surface area contributed by atoms with Crippen LogP contribution in [-0.4, -0.2) is 36.3 Å². The first kappa shape index (κ1) is 19.2. The summed E-state index contributed by atoms with van der Waals surface area (Å²) in [5, 5.41) is 0. The standard InChI is InChI=1S/C23H27NO3S/c1-16-6-9-22(17(2)13-16)28-15-23(25)24-10-3-5-19(24)18-7-8-20-21(14-18)27-12-4-11-26-20/h6-9,13-14,19H,3-5,10-12,15H2,1-2H3. The number of nitrogens with zero attached hydrogens (tertiary/aromatic N) is 1. The summed E-state index contributed by atoms with van der Waals surface area (Å²) in [6.07, 6.45) is 2.94. The first-order valence-electron chi connectivity index (χ1n) is 10.0. The van der Waals surface area contributed by atoms with Gasteiger partial charge in [0.05, 0.1) is 25.0 Å². The summed E-state index contributed by atoms with van der Waals surface area (Å²) in [6, 6.07) is 12.7. The van der Waals surface area contributed by atoms with Crippen LogP contribution in [0.3, 0.4) is 0 Å². The van der Waals surface area contributed by atoms with Crippen molar-refractivity contribution in [3.63, 3.8) is 0 Å². The fourth-order valence-electron chi connectivity index (χ4n) is 3.98. The molecule has 1 amide bonds. The fourth-order valence-corrected chi connectivity index (χ4v) is 4.88. The van der Waals surface area contributed by atoms with Crippen molar-refractivity contribution < 1.29 is 14.3 Å². The van der Waals surface area contributed by atoms with Crippen LogP contribution in [0.25, 0.3) is 0 Å². The van der Waals surface area contributed by atoms with Gasteiger partial charge in [-0.2, -0.15) is 0 Å². The van der Waals surface area contributed by atoms with Crippen molar-refractivity contribution in [1.29, 1.82) is 0 Å². The number of aryl methyl sites for hydroxylation is 2. The first-order valence-corrected chi connectivity index (χ1v) is 11.0. The van der Waals surface area contributed by atoms with Crippen molar-refractivity contribution in [1.82, 2.24) is 4.90 Å². The van der Waals surface area contributed by atoms with Gasteiger partial charge in [0.25, 0.3) is 0 Å². The summed E-state index contributed by atoms with van der Waals surface area (Å²) in [7, 11) is 0. The Morgan fingerprint density at radius 1 is 1.07 bits per heavy atom. The Kier molecular flexibility index (Phi) is 5.81. The van der Waals surface area contributed by atoms with Gasteiger partial charge in [0.1, 0.15) is 0 Å². The number of benzene rings is 2. The van der Waals surface area contributed by atoms with Gasteiger partial charge in [0.2, 0.25) is 5.91 Å². The number of hydrogen-bond acceptors (Lipinski definition) is 4. The number of likely N-dealkylation sites (tertiary alicyclic amines) is 1. The van der Waals surface area contributed by atoms with E-state index in [1.54, 1.807) is 11.8 Å². The molecule has 1 saturated heterocycles. The zero-order valence-corrected chi connectivity index (χ0v) is 17.4. The topological polar surface area (TPSA) is 38.8 Å². The zero-order chi connectivity index (χ0) is 19.5. The predicted octanol–water partition coefficient (Wildman–Crippen LogP) is 4.92. The quantitative estimate of drug-likeness (QED) is 0.687. The highest BCUT2D eigenvalue weighted by atomic mass is 32.2. The molecule has 2 aliphatic heterocycles. The number of carbonyl (C=O) groups excluding carboxylic acids is 1. The highest BCUT2D eigenvalue weighted by Crippen LogP contribution is 2.38. The van der Waals surface area contributed by atoms with E-state index in [1.807, 2.05) is 11.0 Å². The number of fused-ring (bicyclic) bond motifs is 1. The molecule has 0 aliphatic carbocycles. The molecule has 0 N–H and O–H groups in total. The van der Waals surface area contributed by atoms with E-state index in [2.05, 4.69) is 44.2 Å². The SMILES string of the molecule is Cc1ccc(SCC(=O)N2CCCC2c2ccc3c(c2)OCCCO3)c(C)c1. The molecular formula is C23H27NO3S. The van der Waals surface area contributed by atoms with Gasteiger partial charge < -0.3 is 14.4 Å². The Bertz CT molecular complexity index is 867. The summed E-state index contributed by atoms with van der Waals surface area (Å²) >= 11 is 1.64. The van der Waals surface area contributed by atoms with Gasteiger partial charge in [0.15, 0.2) is 11.5 Å². The van der Waals surface area contributed by atoms with Crippen LogP contribution in [-0.2, 0) is 4.79 Å². The molecular weight excluding hydrogens is 370 g/mol. The lowest BCUT2D eigenvalue weighted by Crippen LogP contribution is -2.32. The van der Waals surface area contributed by atoms with Crippen molar-refractivity contribution in [3.05, 3.63) is 53.1 Å². The van der Waals surface area contributed by atoms with E-state index < -0.39 is 0 Å². The molecule has 2 aromatic rings. The summed E-state index contributed by atoms with van der Waals surface area (Å²) in [6.45, 7) is 6.39. The van der Waals surface area contributed by atoms with Crippen LogP contribution < -0.4 is 9.47 Å². The summed E-state index contributed by atoms with van der Waals surface area (Å²) in [4.78, 5) is 16.2. The van der Waals surface area contributed by atoms with Gasteiger partial charge >= 0.3 is 0 Å². The van der Waals surface area contributed by atoms with Crippen LogP contribution in [0.1, 0.15) is 42.0 Å². The van der Waals surface area contributed by atoms with Crippen LogP contribution in [0, 0.1) is 13.8 Å². The Balaban J connectivity index is 1.45. The van der Waals surface area contributed by atoms with Crippen molar-refractivity contribution in [3.8, 4) is 11.5 Å². The lowest BCUT2D eigenvalue weighted by molar-refractivity contribution is -0.129. The predicted molar refractivity (Wildman–Crippen MR) is 112 cm³/mol. The molecule has 4 rings (SSSR count). The third kappa shape index (κ3) is 4.14. The monoisotopic (exact) mass is 397 g/mol. The Labute approximate surface area is 171 Å². The average molecular weight is 398 g/mol. The number of thioether (sulfide) groups is 1. The van der Waals surface area contributed by atoms with E-state index in [0.717, 1.165) is 42.9 Å². The Morgan fingerprint density at radius 3 is 2.71 bits per heavy atom. The third-order valence-corrected chi connectivity index (χ3v) is 6.57. The summed E-state index contributed by atoms with van der Waals surface area (Å²) in [5.74, 6) is 2.30. The van der Waals surface area contributed by atoms with Gasteiger partial charge in [-0.1, -0.05) is 23.8 Å². The average Bonchev–Trinajstić information content (AvgIpc) is 3.06. The maximum atomic E-state index is 13.0. The van der Waals surface area contributed by atoms with Gasteiger partial charge in [-0.3, -0.25) is 4.79 Å². The van der Waals surface area contributed by atoms with E-state index in [9.17, 15) is 4.79 Å². The highest BCUT2D eigenvalue weighted by molar-refractivity contribution is 8.00. The Morgan fingerprint density at radius 2 is 1.89 bits per heavy atom. The van der Waals surface area contributed by atoms with E-state index >= 15 is 0 Å². The molecule has 5 heteroatoms. The summed E-state index contributed by atoms with van der Waals surface area (Å²) in [5.41, 5.74) is 3.63. The second-order valence-corrected chi connectivity index (χ2v) is 8.58. The maximum absolute atomic E-state index is 13.0. The molecule has 2 aromatic carbocycles. The lowest BCUT2D eigenvalue weighted by atomic mass is 10.0. The molecule has 0 bridgehead atoms. The molecule has 148 valence electrons. The number of rotatable bonds is 4. The molecule has 2 aliphatic rings. The first-order chi connectivity index (χ1) is 13.6. The molecule has 1 fully saturated rings. The van der Waals surface area contributed by atoms with Crippen molar-refractivity contribution >= 4 is 17.7 Å². The second kappa shape index (κ2) is 8.48. The number of carbonyl (C=O) groups is 1. The minimum atomic E-state index is 0.129. The molecule has 0 spiro atoms. The minimum absolute atomic E-state index is 0.129. The third-order valence-electron chi connectivity index (χ3n) is 5.41. The van der Waals surface area contributed by atoms with E-state index in [-0.39, 0.29) is 11.9 Å². The fraction of sp³-hybridized carbons (Fsp3) is 0.435. The lowest BCUT2D eigenvalue weighted by Gasteiger charge is -2.26. The summed E-state index contributed by atoms with van der Waals surface area (Å²) < 4.78 is 11.6. The van der Waals surface area contributed by atoms with Gasteiger partial charge in [0, 0.05) is 17.9 Å². The highest BCUT2D eigenvalue weighted by Gasteiger charge is 2.30. The van der Waals surface area contributed by atoms with E-state index in [0.29, 0.717) is 19.0 Å². The second-order valence-electron chi connectivity index (χ2n) is 7.56. The van der Waals surface area contributed by atoms with Crippen LogP contribution in [0.4, 0.5) is 0 Å². The molecule has 4 nitrogen and oxygen atoms in total. The van der Waals surface area contributed by atoms with Crippen LogP contribution in [0.5, 0.6) is 11.5 Å². The number of ether oxygens (including phenoxy) is 2. The molecule has 2 heterocycles. The molecule has 1 unspecified atom stereocenters. The van der Waals surface area contributed by atoms with Gasteiger partial charge in [-0.05, 0) is 56.0 Å². The minimum Gasteiger partial charge on any atom is -0.490 e. The normalized spacial score (nSPS) is 18.8. The van der Waals surface area contributed by atoms with E-state index in [4.69, 9.17) is 9.47 Å². The van der Waals surface area contributed by atoms with Gasteiger partial charge in [-0.25, -0.2) is 0 Å². The molecule has 0 aromatic heterocycles. The zero-order valence-electron chi connectivity index (χ0n) is 16.6. The number of hydrogen-bond donors (Lipinski definition) is 0. The smallest absolute Gasteiger partial charge is 0.233 e. The number of amides is 1. The van der Waals surface area contributed by atoms with Crippen LogP contribution in [0.15, 0.2) is 41.3 Å². The van der Waals surface area contributed by atoms with E-state index in [1.165, 1.54) is 16.0 Å². The molecule has 0 radical (unpaired) electrons. The van der Waals surface area contributed by atoms with Crippen molar-refractivity contribution in [2.45, 2.75) is 44.0 Å². The van der Waals surface area contributed by atoms with Crippen LogP contribution >= 0.6 is 11.8 Å². The molecule has 0 saturated carbocycles. The molecule has 28 heavy (non-hydrogen) atoms. The van der Waals surface area contributed by atoms with Crippen LogP contribution in [0.2, 0.25) is 0 Å². The maximum Gasteiger partial charge on any atom is 0.233 e.